The number of hydrogen-bond donors (Lipinski definition) is 1. The quantitative estimate of drug-likeness (QED) is 0.914. The fourth-order valence-electron chi connectivity index (χ4n) is 3.66. The minimum Gasteiger partial charge on any atom is -0.310 e. The van der Waals surface area contributed by atoms with Crippen LogP contribution in [0.1, 0.15) is 37.7 Å². The van der Waals surface area contributed by atoms with Crippen LogP contribution in [0.5, 0.6) is 0 Å². The van der Waals surface area contributed by atoms with Crippen molar-refractivity contribution in [2.24, 2.45) is 5.92 Å². The number of nitrogens with zero attached hydrogens (tertiary/aromatic N) is 2. The predicted octanol–water partition coefficient (Wildman–Crippen LogP) is 2.89. The van der Waals surface area contributed by atoms with E-state index in [1.54, 1.807) is 0 Å². The number of nitriles is 2. The van der Waals surface area contributed by atoms with Crippen molar-refractivity contribution in [2.45, 2.75) is 49.6 Å². The van der Waals surface area contributed by atoms with E-state index in [0.29, 0.717) is 12.1 Å². The van der Waals surface area contributed by atoms with Gasteiger partial charge < -0.3 is 5.32 Å². The molecule has 0 saturated heterocycles. The van der Waals surface area contributed by atoms with E-state index in [1.807, 2.05) is 30.3 Å². The molecule has 20 heavy (non-hydrogen) atoms. The van der Waals surface area contributed by atoms with Gasteiger partial charge in [0.1, 0.15) is 0 Å². The van der Waals surface area contributed by atoms with Crippen LogP contribution in [0.15, 0.2) is 30.3 Å². The van der Waals surface area contributed by atoms with Gasteiger partial charge in [-0.15, -0.1) is 0 Å². The molecule has 1 N–H and O–H groups in total. The molecule has 3 heteroatoms. The van der Waals surface area contributed by atoms with Gasteiger partial charge in [-0.3, -0.25) is 0 Å². The van der Waals surface area contributed by atoms with E-state index in [0.717, 1.165) is 37.7 Å². The maximum atomic E-state index is 9.54. The summed E-state index contributed by atoms with van der Waals surface area (Å²) in [5, 5.41) is 22.3. The Bertz CT molecular complexity index is 546. The van der Waals surface area contributed by atoms with Gasteiger partial charge in [-0.25, -0.2) is 0 Å². The van der Waals surface area contributed by atoms with Crippen LogP contribution in [-0.4, -0.2) is 12.1 Å². The van der Waals surface area contributed by atoms with E-state index in [9.17, 15) is 5.26 Å². The Kier molecular flexibility index (Phi) is 3.47. The summed E-state index contributed by atoms with van der Waals surface area (Å²) in [6.45, 7) is 0. The molecule has 102 valence electrons. The average Bonchev–Trinajstić information content (AvgIpc) is 2.90. The molecule has 0 aliphatic heterocycles. The molecule has 2 saturated carbocycles. The molecule has 2 unspecified atom stereocenters. The maximum Gasteiger partial charge on any atom is 0.0852 e. The fourth-order valence-corrected chi connectivity index (χ4v) is 3.66. The molecule has 3 nitrogen and oxygen atoms in total. The highest BCUT2D eigenvalue weighted by molar-refractivity contribution is 5.37. The zero-order valence-corrected chi connectivity index (χ0v) is 11.5. The van der Waals surface area contributed by atoms with E-state index in [1.165, 1.54) is 0 Å². The van der Waals surface area contributed by atoms with Crippen molar-refractivity contribution in [3.05, 3.63) is 35.9 Å². The molecule has 2 fully saturated rings. The van der Waals surface area contributed by atoms with E-state index in [-0.39, 0.29) is 11.3 Å². The molecule has 0 amide bonds. The molecule has 3 rings (SSSR count). The summed E-state index contributed by atoms with van der Waals surface area (Å²) in [6.07, 6.45) is 4.98. The zero-order valence-electron chi connectivity index (χ0n) is 11.5. The zero-order chi connectivity index (χ0) is 14.0. The van der Waals surface area contributed by atoms with Crippen molar-refractivity contribution in [2.75, 3.05) is 0 Å². The first kappa shape index (κ1) is 13.2. The topological polar surface area (TPSA) is 59.6 Å². The fraction of sp³-hybridized carbons (Fsp3) is 0.529. The molecule has 2 aliphatic rings. The number of benzene rings is 1. The van der Waals surface area contributed by atoms with Gasteiger partial charge in [-0.2, -0.15) is 10.5 Å². The molecule has 0 heterocycles. The van der Waals surface area contributed by atoms with Gasteiger partial charge in [0.2, 0.25) is 0 Å². The minimum absolute atomic E-state index is 0.156. The van der Waals surface area contributed by atoms with Crippen LogP contribution in [-0.2, 0) is 5.41 Å². The molecule has 1 aromatic carbocycles. The van der Waals surface area contributed by atoms with Gasteiger partial charge >= 0.3 is 0 Å². The van der Waals surface area contributed by atoms with Crippen molar-refractivity contribution >= 4 is 0 Å². The van der Waals surface area contributed by atoms with Gasteiger partial charge in [0.05, 0.1) is 23.5 Å². The summed E-state index contributed by atoms with van der Waals surface area (Å²) in [7, 11) is 0. The smallest absolute Gasteiger partial charge is 0.0852 e. The molecule has 1 aromatic rings. The van der Waals surface area contributed by atoms with E-state index in [4.69, 9.17) is 5.26 Å². The summed E-state index contributed by atoms with van der Waals surface area (Å²) >= 11 is 0. The second-order valence-electron chi connectivity index (χ2n) is 6.10. The minimum atomic E-state index is -0.320. The highest BCUT2D eigenvalue weighted by Gasteiger charge is 2.47. The molecule has 0 radical (unpaired) electrons. The van der Waals surface area contributed by atoms with Crippen molar-refractivity contribution < 1.29 is 0 Å². The highest BCUT2D eigenvalue weighted by atomic mass is 15.0. The van der Waals surface area contributed by atoms with Crippen LogP contribution in [0.2, 0.25) is 0 Å². The lowest BCUT2D eigenvalue weighted by atomic mass is 9.62. The monoisotopic (exact) mass is 265 g/mol. The lowest BCUT2D eigenvalue weighted by molar-refractivity contribution is 0.203. The van der Waals surface area contributed by atoms with E-state index in [2.05, 4.69) is 17.5 Å². The van der Waals surface area contributed by atoms with Crippen LogP contribution in [0.25, 0.3) is 0 Å². The van der Waals surface area contributed by atoms with Gasteiger partial charge in [0.15, 0.2) is 0 Å². The van der Waals surface area contributed by atoms with Crippen LogP contribution in [0, 0.1) is 28.6 Å². The van der Waals surface area contributed by atoms with Crippen molar-refractivity contribution in [1.82, 2.24) is 5.32 Å². The van der Waals surface area contributed by atoms with Gasteiger partial charge in [0, 0.05) is 12.1 Å². The SMILES string of the molecule is N#CC1CCCC1NC1CC(C#N)(c2ccccc2)C1. The van der Waals surface area contributed by atoms with Crippen LogP contribution < -0.4 is 5.32 Å². The first-order chi connectivity index (χ1) is 9.77. The van der Waals surface area contributed by atoms with Crippen LogP contribution in [0.3, 0.4) is 0 Å². The van der Waals surface area contributed by atoms with Crippen molar-refractivity contribution in [3.8, 4) is 12.1 Å². The Labute approximate surface area is 120 Å². The third-order valence-electron chi connectivity index (χ3n) is 4.86. The third-order valence-corrected chi connectivity index (χ3v) is 4.86. The van der Waals surface area contributed by atoms with Crippen LogP contribution in [0.4, 0.5) is 0 Å². The van der Waals surface area contributed by atoms with Crippen molar-refractivity contribution in [3.63, 3.8) is 0 Å². The number of nitrogens with one attached hydrogen (secondary N) is 1. The van der Waals surface area contributed by atoms with E-state index < -0.39 is 0 Å². The Morgan fingerprint density at radius 3 is 2.50 bits per heavy atom. The van der Waals surface area contributed by atoms with Crippen molar-refractivity contribution in [1.29, 1.82) is 10.5 Å². The number of hydrogen-bond acceptors (Lipinski definition) is 3. The molecule has 0 bridgehead atoms. The maximum absolute atomic E-state index is 9.54. The third kappa shape index (κ3) is 2.19. The Morgan fingerprint density at radius 1 is 1.10 bits per heavy atom. The predicted molar refractivity (Wildman–Crippen MR) is 76.6 cm³/mol. The lowest BCUT2D eigenvalue weighted by Gasteiger charge is -2.44. The first-order valence-corrected chi connectivity index (χ1v) is 7.40. The summed E-state index contributed by atoms with van der Waals surface area (Å²) in [6, 6.07) is 15.7. The van der Waals surface area contributed by atoms with Gasteiger partial charge in [0.25, 0.3) is 0 Å². The molecule has 2 aliphatic carbocycles. The van der Waals surface area contributed by atoms with E-state index >= 15 is 0 Å². The Hall–Kier alpha value is -1.84. The first-order valence-electron chi connectivity index (χ1n) is 7.40. The molecule has 2 atom stereocenters. The normalized spacial score (nSPS) is 35.8. The molecule has 0 spiro atoms. The standard InChI is InChI=1S/C17H19N3/c18-11-13-5-4-8-16(13)20-15-9-17(10-15,12-19)14-6-2-1-3-7-14/h1-3,6-7,13,15-16,20H,4-5,8-10H2. The highest BCUT2D eigenvalue weighted by Crippen LogP contribution is 2.44. The second kappa shape index (κ2) is 5.27. The largest absolute Gasteiger partial charge is 0.310 e. The van der Waals surface area contributed by atoms with Crippen LogP contribution >= 0.6 is 0 Å². The summed E-state index contributed by atoms with van der Waals surface area (Å²) < 4.78 is 0. The Balaban J connectivity index is 1.63. The molecular weight excluding hydrogens is 246 g/mol. The summed E-state index contributed by atoms with van der Waals surface area (Å²) in [5.74, 6) is 0.156. The lowest BCUT2D eigenvalue weighted by Crippen LogP contribution is -2.54. The summed E-state index contributed by atoms with van der Waals surface area (Å²) in [4.78, 5) is 0. The Morgan fingerprint density at radius 2 is 1.85 bits per heavy atom. The molecular formula is C17H19N3. The second-order valence-corrected chi connectivity index (χ2v) is 6.10. The van der Waals surface area contributed by atoms with Gasteiger partial charge in [-0.1, -0.05) is 36.8 Å². The average molecular weight is 265 g/mol. The van der Waals surface area contributed by atoms with Gasteiger partial charge in [-0.05, 0) is 31.2 Å². The summed E-state index contributed by atoms with van der Waals surface area (Å²) in [5.41, 5.74) is 0.809. The molecule has 0 aromatic heterocycles. The number of rotatable bonds is 3.